The number of piperidine rings is 1. The highest BCUT2D eigenvalue weighted by molar-refractivity contribution is 4.95. The molecule has 0 amide bonds. The summed E-state index contributed by atoms with van der Waals surface area (Å²) in [4.78, 5) is 2.64. The lowest BCUT2D eigenvalue weighted by molar-refractivity contribution is 0.155. The molecule has 1 saturated heterocycles. The predicted molar refractivity (Wildman–Crippen MR) is 69.3 cm³/mol. The normalized spacial score (nSPS) is 36.8. The van der Waals surface area contributed by atoms with Gasteiger partial charge in [-0.05, 0) is 56.0 Å². The highest BCUT2D eigenvalue weighted by Gasteiger charge is 2.39. The predicted octanol–water partition coefficient (Wildman–Crippen LogP) is 2.48. The Bertz CT molecular complexity index is 229. The van der Waals surface area contributed by atoms with E-state index in [-0.39, 0.29) is 0 Å². The van der Waals surface area contributed by atoms with E-state index in [0.29, 0.717) is 11.5 Å². The maximum Gasteiger partial charge on any atom is 0.0131 e. The summed E-state index contributed by atoms with van der Waals surface area (Å²) in [5.74, 6) is 1.67. The van der Waals surface area contributed by atoms with E-state index in [2.05, 4.69) is 25.7 Å². The number of rotatable bonds is 2. The van der Waals surface area contributed by atoms with E-state index in [1.165, 1.54) is 45.3 Å². The van der Waals surface area contributed by atoms with Crippen LogP contribution in [0.4, 0.5) is 0 Å². The molecule has 2 heteroatoms. The van der Waals surface area contributed by atoms with E-state index < -0.39 is 0 Å². The van der Waals surface area contributed by atoms with Gasteiger partial charge in [-0.2, -0.15) is 0 Å². The first-order valence-corrected chi connectivity index (χ1v) is 6.97. The van der Waals surface area contributed by atoms with Gasteiger partial charge in [0.2, 0.25) is 0 Å². The van der Waals surface area contributed by atoms with Crippen LogP contribution in [0, 0.1) is 17.3 Å². The van der Waals surface area contributed by atoms with Crippen LogP contribution in [0.15, 0.2) is 0 Å². The molecule has 2 atom stereocenters. The first-order chi connectivity index (χ1) is 7.49. The van der Waals surface area contributed by atoms with Gasteiger partial charge in [0.25, 0.3) is 0 Å². The third kappa shape index (κ3) is 2.60. The summed E-state index contributed by atoms with van der Waals surface area (Å²) in [5.41, 5.74) is 6.74. The Morgan fingerprint density at radius 2 is 1.81 bits per heavy atom. The van der Waals surface area contributed by atoms with E-state index in [1.54, 1.807) is 0 Å². The lowest BCUT2D eigenvalue weighted by Crippen LogP contribution is -2.44. The molecule has 16 heavy (non-hydrogen) atoms. The summed E-state index contributed by atoms with van der Waals surface area (Å²) in [6.07, 6.45) is 5.40. The van der Waals surface area contributed by atoms with Crippen molar-refractivity contribution >= 4 is 0 Å². The van der Waals surface area contributed by atoms with E-state index in [4.69, 9.17) is 5.73 Å². The summed E-state index contributed by atoms with van der Waals surface area (Å²) in [6.45, 7) is 10.9. The van der Waals surface area contributed by atoms with Gasteiger partial charge in [0.15, 0.2) is 0 Å². The second-order valence-corrected chi connectivity index (χ2v) is 6.80. The van der Waals surface area contributed by atoms with Crippen LogP contribution < -0.4 is 5.73 Å². The molecule has 0 bridgehead atoms. The number of hydrogen-bond donors (Lipinski definition) is 1. The van der Waals surface area contributed by atoms with Gasteiger partial charge in [-0.3, -0.25) is 0 Å². The van der Waals surface area contributed by atoms with Gasteiger partial charge in [0.1, 0.15) is 0 Å². The molecule has 0 radical (unpaired) electrons. The Kier molecular flexibility index (Phi) is 3.60. The molecular formula is C14H28N2. The molecule has 2 fully saturated rings. The van der Waals surface area contributed by atoms with Crippen LogP contribution in [0.1, 0.15) is 46.5 Å². The van der Waals surface area contributed by atoms with Gasteiger partial charge >= 0.3 is 0 Å². The number of hydrogen-bond acceptors (Lipinski definition) is 2. The van der Waals surface area contributed by atoms with Crippen molar-refractivity contribution in [2.75, 3.05) is 19.6 Å². The van der Waals surface area contributed by atoms with Crippen molar-refractivity contribution < 1.29 is 0 Å². The maximum absolute atomic E-state index is 6.37. The summed E-state index contributed by atoms with van der Waals surface area (Å²) in [6, 6.07) is 0.409. The molecular weight excluding hydrogens is 196 g/mol. The zero-order valence-electron chi connectivity index (χ0n) is 11.2. The van der Waals surface area contributed by atoms with E-state index in [1.807, 2.05) is 0 Å². The van der Waals surface area contributed by atoms with Crippen LogP contribution in [0.5, 0.6) is 0 Å². The van der Waals surface area contributed by atoms with E-state index >= 15 is 0 Å². The van der Waals surface area contributed by atoms with Crippen molar-refractivity contribution in [1.29, 1.82) is 0 Å². The van der Waals surface area contributed by atoms with E-state index in [9.17, 15) is 0 Å². The quantitative estimate of drug-likeness (QED) is 0.781. The molecule has 1 heterocycles. The zero-order valence-corrected chi connectivity index (χ0v) is 11.2. The van der Waals surface area contributed by atoms with Gasteiger partial charge in [0.05, 0.1) is 0 Å². The highest BCUT2D eigenvalue weighted by Crippen LogP contribution is 2.40. The van der Waals surface area contributed by atoms with Crippen molar-refractivity contribution in [3.63, 3.8) is 0 Å². The van der Waals surface area contributed by atoms with Crippen LogP contribution in [-0.2, 0) is 0 Å². The molecule has 94 valence electrons. The Hall–Kier alpha value is -0.0800. The topological polar surface area (TPSA) is 29.3 Å². The second-order valence-electron chi connectivity index (χ2n) is 6.80. The minimum absolute atomic E-state index is 0.369. The molecule has 2 unspecified atom stereocenters. The van der Waals surface area contributed by atoms with Crippen LogP contribution in [0.25, 0.3) is 0 Å². The van der Waals surface area contributed by atoms with Gasteiger partial charge in [-0.1, -0.05) is 20.8 Å². The fourth-order valence-electron chi connectivity index (χ4n) is 3.32. The molecule has 1 saturated carbocycles. The second kappa shape index (κ2) is 4.66. The first kappa shape index (κ1) is 12.4. The Morgan fingerprint density at radius 3 is 2.31 bits per heavy atom. The van der Waals surface area contributed by atoms with Crippen molar-refractivity contribution in [3.8, 4) is 0 Å². The Morgan fingerprint density at radius 1 is 1.19 bits per heavy atom. The third-order valence-corrected chi connectivity index (χ3v) is 4.94. The molecule has 2 N–H and O–H groups in total. The zero-order chi connectivity index (χ0) is 11.8. The fourth-order valence-corrected chi connectivity index (χ4v) is 3.32. The molecule has 2 rings (SSSR count). The first-order valence-electron chi connectivity index (χ1n) is 6.97. The molecule has 0 aromatic rings. The lowest BCUT2D eigenvalue weighted by Gasteiger charge is -2.34. The number of likely N-dealkylation sites (tertiary alicyclic amines) is 1. The molecule has 2 nitrogen and oxygen atoms in total. The van der Waals surface area contributed by atoms with Crippen molar-refractivity contribution in [3.05, 3.63) is 0 Å². The monoisotopic (exact) mass is 224 g/mol. The molecule has 0 aromatic heterocycles. The van der Waals surface area contributed by atoms with Crippen LogP contribution in [-0.4, -0.2) is 30.6 Å². The third-order valence-electron chi connectivity index (χ3n) is 4.94. The van der Waals surface area contributed by atoms with Gasteiger partial charge in [-0.25, -0.2) is 0 Å². The van der Waals surface area contributed by atoms with Crippen molar-refractivity contribution in [1.82, 2.24) is 4.90 Å². The molecule has 2 aliphatic rings. The average Bonchev–Trinajstić information content (AvgIpc) is 2.49. The van der Waals surface area contributed by atoms with Gasteiger partial charge in [0, 0.05) is 12.6 Å². The highest BCUT2D eigenvalue weighted by atomic mass is 15.1. The van der Waals surface area contributed by atoms with Crippen molar-refractivity contribution in [2.24, 2.45) is 23.0 Å². The molecule has 0 spiro atoms. The summed E-state index contributed by atoms with van der Waals surface area (Å²) in [5, 5.41) is 0. The van der Waals surface area contributed by atoms with Crippen LogP contribution in [0.3, 0.4) is 0 Å². The summed E-state index contributed by atoms with van der Waals surface area (Å²) < 4.78 is 0. The molecule has 1 aliphatic carbocycles. The largest absolute Gasteiger partial charge is 0.327 e. The Labute approximate surface area is 101 Å². The lowest BCUT2D eigenvalue weighted by atomic mass is 9.85. The fraction of sp³-hybridized carbons (Fsp3) is 1.00. The molecule has 0 aromatic carbocycles. The van der Waals surface area contributed by atoms with Gasteiger partial charge < -0.3 is 10.6 Å². The Balaban J connectivity index is 1.82. The number of nitrogens with zero attached hydrogens (tertiary/aromatic N) is 1. The smallest absolute Gasteiger partial charge is 0.0131 e. The van der Waals surface area contributed by atoms with Crippen molar-refractivity contribution in [2.45, 2.75) is 52.5 Å². The SMILES string of the molecule is CC1CCN(CC2CCC(C)(C)C2N)CC1. The van der Waals surface area contributed by atoms with Crippen LogP contribution >= 0.6 is 0 Å². The standard InChI is InChI=1S/C14H28N2/c1-11-5-8-16(9-6-11)10-12-4-7-14(2,3)13(12)15/h11-13H,4-10,15H2,1-3H3. The minimum Gasteiger partial charge on any atom is -0.327 e. The minimum atomic E-state index is 0.369. The van der Waals surface area contributed by atoms with E-state index in [0.717, 1.165) is 11.8 Å². The number of nitrogens with two attached hydrogens (primary N) is 1. The summed E-state index contributed by atoms with van der Waals surface area (Å²) >= 11 is 0. The van der Waals surface area contributed by atoms with Gasteiger partial charge in [-0.15, -0.1) is 0 Å². The average molecular weight is 224 g/mol. The maximum atomic E-state index is 6.37. The van der Waals surface area contributed by atoms with Crippen LogP contribution in [0.2, 0.25) is 0 Å². The molecule has 1 aliphatic heterocycles. The summed E-state index contributed by atoms with van der Waals surface area (Å²) in [7, 11) is 0.